The van der Waals surface area contributed by atoms with Gasteiger partial charge in [0.2, 0.25) is 0 Å². The quantitative estimate of drug-likeness (QED) is 0.645. The highest BCUT2D eigenvalue weighted by atomic mass is 35.5. The van der Waals surface area contributed by atoms with Gasteiger partial charge in [0.05, 0.1) is 4.88 Å². The SMILES string of the molecule is C[C@@H]1CCCN(CCCNC(=O)c2cc3c(s2)-c2ccc(Cl)cc2SC3)C1. The number of carbonyl (C=O) groups is 1. The molecule has 1 N–H and O–H groups in total. The number of nitrogens with one attached hydrogen (secondary N) is 1. The summed E-state index contributed by atoms with van der Waals surface area (Å²) in [6, 6.07) is 8.08. The number of carbonyl (C=O) groups excluding carboxylic acids is 1. The molecule has 6 heteroatoms. The van der Waals surface area contributed by atoms with Crippen molar-refractivity contribution in [1.29, 1.82) is 0 Å². The molecule has 0 unspecified atom stereocenters. The van der Waals surface area contributed by atoms with Crippen LogP contribution >= 0.6 is 34.7 Å². The van der Waals surface area contributed by atoms with Gasteiger partial charge in [-0.25, -0.2) is 0 Å². The number of hydrogen-bond acceptors (Lipinski definition) is 4. The van der Waals surface area contributed by atoms with Gasteiger partial charge in [-0.1, -0.05) is 24.6 Å². The summed E-state index contributed by atoms with van der Waals surface area (Å²) in [7, 11) is 0. The van der Waals surface area contributed by atoms with Gasteiger partial charge in [-0.05, 0) is 62.0 Å². The van der Waals surface area contributed by atoms with Crippen molar-refractivity contribution < 1.29 is 4.79 Å². The Morgan fingerprint density at radius 1 is 1.37 bits per heavy atom. The second-order valence-corrected chi connectivity index (χ2v) is 10.1. The Morgan fingerprint density at radius 3 is 3.11 bits per heavy atom. The van der Waals surface area contributed by atoms with Crippen molar-refractivity contribution in [2.75, 3.05) is 26.2 Å². The summed E-state index contributed by atoms with van der Waals surface area (Å²) in [6.07, 6.45) is 3.67. The topological polar surface area (TPSA) is 32.3 Å². The van der Waals surface area contributed by atoms with E-state index in [9.17, 15) is 4.79 Å². The van der Waals surface area contributed by atoms with Gasteiger partial charge in [0, 0.05) is 39.2 Å². The molecule has 1 amide bonds. The third kappa shape index (κ3) is 4.53. The van der Waals surface area contributed by atoms with Gasteiger partial charge in [-0.3, -0.25) is 4.79 Å². The number of likely N-dealkylation sites (tertiary alicyclic amines) is 1. The smallest absolute Gasteiger partial charge is 0.261 e. The van der Waals surface area contributed by atoms with Gasteiger partial charge < -0.3 is 10.2 Å². The summed E-state index contributed by atoms with van der Waals surface area (Å²) in [5.74, 6) is 1.77. The minimum absolute atomic E-state index is 0.0573. The van der Waals surface area contributed by atoms with Crippen LogP contribution in [0.3, 0.4) is 0 Å². The van der Waals surface area contributed by atoms with Crippen molar-refractivity contribution in [2.45, 2.75) is 36.8 Å². The number of piperidine rings is 1. The third-order valence-corrected chi connectivity index (χ3v) is 7.83. The Kier molecular flexibility index (Phi) is 6.12. The molecule has 1 aromatic heterocycles. The highest BCUT2D eigenvalue weighted by Gasteiger charge is 2.22. The fraction of sp³-hybridized carbons (Fsp3) is 0.476. The molecule has 2 aliphatic heterocycles. The molecule has 1 aromatic carbocycles. The van der Waals surface area contributed by atoms with Crippen LogP contribution in [0.1, 0.15) is 41.4 Å². The first kappa shape index (κ1) is 19.3. The largest absolute Gasteiger partial charge is 0.351 e. The predicted molar refractivity (Wildman–Crippen MR) is 116 cm³/mol. The summed E-state index contributed by atoms with van der Waals surface area (Å²) in [5, 5.41) is 3.87. The second kappa shape index (κ2) is 8.56. The summed E-state index contributed by atoms with van der Waals surface area (Å²) in [5.41, 5.74) is 2.46. The molecule has 3 nitrogen and oxygen atoms in total. The van der Waals surface area contributed by atoms with E-state index in [2.05, 4.69) is 29.3 Å². The highest BCUT2D eigenvalue weighted by Crippen LogP contribution is 2.46. The van der Waals surface area contributed by atoms with Crippen molar-refractivity contribution in [2.24, 2.45) is 5.92 Å². The van der Waals surface area contributed by atoms with Crippen LogP contribution in [-0.4, -0.2) is 37.0 Å². The number of rotatable bonds is 5. The number of hydrogen-bond donors (Lipinski definition) is 1. The molecule has 144 valence electrons. The Balaban J connectivity index is 1.33. The summed E-state index contributed by atoms with van der Waals surface area (Å²) in [4.78, 5) is 18.4. The number of halogens is 1. The molecule has 27 heavy (non-hydrogen) atoms. The van der Waals surface area contributed by atoms with E-state index in [0.717, 1.165) is 41.1 Å². The lowest BCUT2D eigenvalue weighted by atomic mass is 10.0. The van der Waals surface area contributed by atoms with E-state index in [1.807, 2.05) is 12.1 Å². The van der Waals surface area contributed by atoms with E-state index in [0.29, 0.717) is 0 Å². The predicted octanol–water partition coefficient (Wildman–Crippen LogP) is 5.53. The van der Waals surface area contributed by atoms with Crippen LogP contribution in [0.4, 0.5) is 0 Å². The van der Waals surface area contributed by atoms with Crippen molar-refractivity contribution >= 4 is 40.6 Å². The zero-order valence-corrected chi connectivity index (χ0v) is 18.0. The molecule has 1 saturated heterocycles. The molecular weight excluding hydrogens is 396 g/mol. The van der Waals surface area contributed by atoms with Crippen LogP contribution in [0.2, 0.25) is 5.02 Å². The Bertz CT molecular complexity index is 836. The van der Waals surface area contributed by atoms with Crippen LogP contribution in [0.15, 0.2) is 29.2 Å². The molecule has 1 fully saturated rings. The summed E-state index contributed by atoms with van der Waals surface area (Å²) < 4.78 is 0. The van der Waals surface area contributed by atoms with Crippen LogP contribution in [0.5, 0.6) is 0 Å². The maximum Gasteiger partial charge on any atom is 0.261 e. The standard InChI is InChI=1S/C21H25ClN2OS2/c1-14-4-2-8-24(12-14)9-3-7-23-21(25)19-10-15-13-26-18-11-16(22)5-6-17(18)20(15)27-19/h5-6,10-11,14H,2-4,7-9,12-13H2,1H3,(H,23,25)/t14-/m1/s1. The number of nitrogens with zero attached hydrogens (tertiary/aromatic N) is 1. The van der Waals surface area contributed by atoms with Crippen molar-refractivity contribution in [3.05, 3.63) is 39.7 Å². The minimum atomic E-state index is 0.0573. The maximum absolute atomic E-state index is 12.6. The van der Waals surface area contributed by atoms with E-state index in [1.54, 1.807) is 23.1 Å². The van der Waals surface area contributed by atoms with Gasteiger partial charge in [-0.2, -0.15) is 0 Å². The maximum atomic E-state index is 12.6. The highest BCUT2D eigenvalue weighted by molar-refractivity contribution is 7.98. The summed E-state index contributed by atoms with van der Waals surface area (Å²) in [6.45, 7) is 6.56. The number of amides is 1. The number of benzene rings is 1. The molecule has 4 rings (SSSR count). The molecular formula is C21H25ClN2OS2. The molecule has 0 radical (unpaired) electrons. The lowest BCUT2D eigenvalue weighted by molar-refractivity contribution is 0.0954. The molecule has 0 bridgehead atoms. The first-order valence-corrected chi connectivity index (χ1v) is 11.8. The van der Waals surface area contributed by atoms with E-state index < -0.39 is 0 Å². The fourth-order valence-electron chi connectivity index (χ4n) is 3.92. The van der Waals surface area contributed by atoms with Crippen LogP contribution in [0.25, 0.3) is 10.4 Å². The molecule has 3 heterocycles. The molecule has 2 aromatic rings. The van der Waals surface area contributed by atoms with Crippen molar-refractivity contribution in [3.8, 4) is 10.4 Å². The van der Waals surface area contributed by atoms with Gasteiger partial charge in [0.15, 0.2) is 0 Å². The normalized spacial score (nSPS) is 19.4. The van der Waals surface area contributed by atoms with Crippen molar-refractivity contribution in [1.82, 2.24) is 10.2 Å². The average Bonchev–Trinajstić information content (AvgIpc) is 3.09. The number of fused-ring (bicyclic) bond motifs is 3. The lowest BCUT2D eigenvalue weighted by Gasteiger charge is -2.30. The Morgan fingerprint density at radius 2 is 2.26 bits per heavy atom. The van der Waals surface area contributed by atoms with E-state index in [1.165, 1.54) is 46.8 Å². The first-order valence-electron chi connectivity index (χ1n) is 9.66. The molecule has 1 atom stereocenters. The van der Waals surface area contributed by atoms with Gasteiger partial charge in [0.1, 0.15) is 0 Å². The first-order chi connectivity index (χ1) is 13.1. The number of thiophene rings is 1. The van der Waals surface area contributed by atoms with E-state index in [-0.39, 0.29) is 5.91 Å². The van der Waals surface area contributed by atoms with E-state index in [4.69, 9.17) is 11.6 Å². The third-order valence-electron chi connectivity index (χ3n) is 5.28. The molecule has 0 spiro atoms. The van der Waals surface area contributed by atoms with Gasteiger partial charge >= 0.3 is 0 Å². The average molecular weight is 421 g/mol. The second-order valence-electron chi connectivity index (χ2n) is 7.55. The Hall–Kier alpha value is -1.01. The van der Waals surface area contributed by atoms with Crippen molar-refractivity contribution in [3.63, 3.8) is 0 Å². The van der Waals surface area contributed by atoms with Crippen LogP contribution in [-0.2, 0) is 5.75 Å². The van der Waals surface area contributed by atoms with Crippen LogP contribution < -0.4 is 5.32 Å². The monoisotopic (exact) mass is 420 g/mol. The minimum Gasteiger partial charge on any atom is -0.351 e. The van der Waals surface area contributed by atoms with Crippen LogP contribution in [0, 0.1) is 5.92 Å². The molecule has 2 aliphatic rings. The Labute approximate surface area is 174 Å². The van der Waals surface area contributed by atoms with E-state index >= 15 is 0 Å². The lowest BCUT2D eigenvalue weighted by Crippen LogP contribution is -2.36. The zero-order valence-electron chi connectivity index (χ0n) is 15.6. The molecule has 0 aliphatic carbocycles. The molecule has 0 saturated carbocycles. The fourth-order valence-corrected chi connectivity index (χ4v) is 6.52. The number of thioether (sulfide) groups is 1. The zero-order chi connectivity index (χ0) is 18.8. The summed E-state index contributed by atoms with van der Waals surface area (Å²) >= 11 is 9.51. The van der Waals surface area contributed by atoms with Gasteiger partial charge in [0.25, 0.3) is 5.91 Å². The van der Waals surface area contributed by atoms with Gasteiger partial charge in [-0.15, -0.1) is 23.1 Å².